The molecule has 184 valence electrons. The van der Waals surface area contributed by atoms with Crippen LogP contribution in [0.2, 0.25) is 0 Å². The van der Waals surface area contributed by atoms with Crippen molar-refractivity contribution in [2.75, 3.05) is 23.3 Å². The van der Waals surface area contributed by atoms with Gasteiger partial charge in [0.2, 0.25) is 23.5 Å². The lowest BCUT2D eigenvalue weighted by atomic mass is 9.94. The van der Waals surface area contributed by atoms with Crippen molar-refractivity contribution >= 4 is 23.2 Å². The standard InChI is InChI=1S/C26H32N6O3/c1-3-13-26(2,25(34)28-20-9-6-10-21(17-20)32-15-4-5-16-32)30-22(33)11-12-23-29-24(31-35-23)19-8-7-14-27-18-19/h6-10,14,17-18H,3-5,11-13,15-16H2,1-2H3,(H,28,34)(H,30,33)/t26-/m0/s1. The number of benzene rings is 1. The molecule has 1 aliphatic rings. The van der Waals surface area contributed by atoms with Crippen molar-refractivity contribution in [3.63, 3.8) is 0 Å². The minimum absolute atomic E-state index is 0.131. The Labute approximate surface area is 205 Å². The van der Waals surface area contributed by atoms with E-state index in [-0.39, 0.29) is 24.7 Å². The summed E-state index contributed by atoms with van der Waals surface area (Å²) in [5, 5.41) is 9.89. The van der Waals surface area contributed by atoms with E-state index < -0.39 is 5.54 Å². The van der Waals surface area contributed by atoms with Crippen LogP contribution in [0.1, 0.15) is 51.8 Å². The highest BCUT2D eigenvalue weighted by Crippen LogP contribution is 2.25. The van der Waals surface area contributed by atoms with Crippen molar-refractivity contribution in [1.29, 1.82) is 0 Å². The van der Waals surface area contributed by atoms with E-state index in [1.54, 1.807) is 25.4 Å². The molecule has 1 aliphatic heterocycles. The molecule has 0 bridgehead atoms. The van der Waals surface area contributed by atoms with Gasteiger partial charge in [0.05, 0.1) is 0 Å². The minimum atomic E-state index is -1.04. The third kappa shape index (κ3) is 6.23. The van der Waals surface area contributed by atoms with E-state index in [1.807, 2.05) is 31.2 Å². The molecule has 1 saturated heterocycles. The van der Waals surface area contributed by atoms with Crippen molar-refractivity contribution in [3.05, 3.63) is 54.7 Å². The van der Waals surface area contributed by atoms with Crippen LogP contribution in [-0.2, 0) is 16.0 Å². The molecule has 2 amide bonds. The molecule has 1 aromatic carbocycles. The van der Waals surface area contributed by atoms with Gasteiger partial charge in [-0.3, -0.25) is 14.6 Å². The predicted octanol–water partition coefficient (Wildman–Crippen LogP) is 3.98. The second-order valence-electron chi connectivity index (χ2n) is 9.08. The molecule has 0 spiro atoms. The number of rotatable bonds is 10. The van der Waals surface area contributed by atoms with E-state index in [0.717, 1.165) is 36.4 Å². The summed E-state index contributed by atoms with van der Waals surface area (Å²) in [4.78, 5) is 36.7. The number of carbonyl (C=O) groups excluding carboxylic acids is 2. The maximum atomic E-state index is 13.2. The molecular weight excluding hydrogens is 444 g/mol. The summed E-state index contributed by atoms with van der Waals surface area (Å²) in [5.74, 6) is 0.310. The number of aryl methyl sites for hydroxylation is 1. The number of nitrogens with one attached hydrogen (secondary N) is 2. The predicted molar refractivity (Wildman–Crippen MR) is 134 cm³/mol. The number of hydrogen-bond donors (Lipinski definition) is 2. The molecule has 0 aliphatic carbocycles. The maximum absolute atomic E-state index is 13.2. The number of anilines is 2. The molecule has 2 aromatic heterocycles. The van der Waals surface area contributed by atoms with E-state index in [1.165, 1.54) is 12.8 Å². The first-order valence-electron chi connectivity index (χ1n) is 12.2. The van der Waals surface area contributed by atoms with Crippen LogP contribution in [0.15, 0.2) is 53.3 Å². The number of hydrogen-bond acceptors (Lipinski definition) is 7. The lowest BCUT2D eigenvalue weighted by molar-refractivity contribution is -0.130. The van der Waals surface area contributed by atoms with Crippen LogP contribution in [-0.4, -0.2) is 45.6 Å². The smallest absolute Gasteiger partial charge is 0.249 e. The number of nitrogens with zero attached hydrogens (tertiary/aromatic N) is 4. The molecule has 2 N–H and O–H groups in total. The van der Waals surface area contributed by atoms with E-state index >= 15 is 0 Å². The Morgan fingerprint density at radius 2 is 2.00 bits per heavy atom. The van der Waals surface area contributed by atoms with E-state index in [9.17, 15) is 9.59 Å². The van der Waals surface area contributed by atoms with Crippen LogP contribution in [0.5, 0.6) is 0 Å². The average molecular weight is 477 g/mol. The van der Waals surface area contributed by atoms with Gasteiger partial charge in [0.25, 0.3) is 0 Å². The minimum Gasteiger partial charge on any atom is -0.371 e. The molecular formula is C26H32N6O3. The zero-order chi connectivity index (χ0) is 24.7. The molecule has 4 rings (SSSR count). The zero-order valence-corrected chi connectivity index (χ0v) is 20.3. The first-order valence-corrected chi connectivity index (χ1v) is 12.2. The molecule has 3 heterocycles. The molecule has 0 unspecified atom stereocenters. The lowest BCUT2D eigenvalue weighted by Gasteiger charge is -2.29. The summed E-state index contributed by atoms with van der Waals surface area (Å²) >= 11 is 0. The Balaban J connectivity index is 1.35. The third-order valence-corrected chi connectivity index (χ3v) is 6.20. The molecule has 35 heavy (non-hydrogen) atoms. The van der Waals surface area contributed by atoms with Gasteiger partial charge in [-0.2, -0.15) is 4.98 Å². The highest BCUT2D eigenvalue weighted by atomic mass is 16.5. The second-order valence-corrected chi connectivity index (χ2v) is 9.08. The first-order chi connectivity index (χ1) is 17.0. The highest BCUT2D eigenvalue weighted by Gasteiger charge is 2.34. The Morgan fingerprint density at radius 1 is 1.17 bits per heavy atom. The van der Waals surface area contributed by atoms with Gasteiger partial charge in [0.15, 0.2) is 0 Å². The van der Waals surface area contributed by atoms with Gasteiger partial charge in [0, 0.05) is 55.3 Å². The second kappa shape index (κ2) is 11.1. The monoisotopic (exact) mass is 476 g/mol. The summed E-state index contributed by atoms with van der Waals surface area (Å²) < 4.78 is 5.27. The molecule has 1 fully saturated rings. The summed E-state index contributed by atoms with van der Waals surface area (Å²) in [6.07, 6.45) is 7.36. The fourth-order valence-electron chi connectivity index (χ4n) is 4.32. The lowest BCUT2D eigenvalue weighted by Crippen LogP contribution is -2.54. The fraction of sp³-hybridized carbons (Fsp3) is 0.423. The SMILES string of the molecule is CCC[C@](C)(NC(=O)CCc1nc(-c2cccnc2)no1)C(=O)Nc1cccc(N2CCCC2)c1. The van der Waals surface area contributed by atoms with Gasteiger partial charge in [-0.15, -0.1) is 0 Å². The fourth-order valence-corrected chi connectivity index (χ4v) is 4.32. The van der Waals surface area contributed by atoms with Gasteiger partial charge in [0.1, 0.15) is 5.54 Å². The molecule has 0 saturated carbocycles. The van der Waals surface area contributed by atoms with Crippen LogP contribution in [0.4, 0.5) is 11.4 Å². The van der Waals surface area contributed by atoms with Crippen molar-refractivity contribution < 1.29 is 14.1 Å². The van der Waals surface area contributed by atoms with Gasteiger partial charge in [-0.05, 0) is 56.5 Å². The molecule has 9 heteroatoms. The van der Waals surface area contributed by atoms with Crippen molar-refractivity contribution in [1.82, 2.24) is 20.4 Å². The van der Waals surface area contributed by atoms with Crippen molar-refractivity contribution in [2.24, 2.45) is 0 Å². The summed E-state index contributed by atoms with van der Waals surface area (Å²) in [6.45, 7) is 5.82. The van der Waals surface area contributed by atoms with Crippen LogP contribution in [0.25, 0.3) is 11.4 Å². The number of pyridine rings is 1. The van der Waals surface area contributed by atoms with E-state index in [4.69, 9.17) is 4.52 Å². The van der Waals surface area contributed by atoms with Crippen molar-refractivity contribution in [2.45, 2.75) is 57.9 Å². The normalized spacial score (nSPS) is 15.0. The Morgan fingerprint density at radius 3 is 2.74 bits per heavy atom. The number of carbonyl (C=O) groups is 2. The summed E-state index contributed by atoms with van der Waals surface area (Å²) in [5.41, 5.74) is 1.54. The number of amides is 2. The molecule has 3 aromatic rings. The molecule has 9 nitrogen and oxygen atoms in total. The highest BCUT2D eigenvalue weighted by molar-refractivity contribution is 6.00. The van der Waals surface area contributed by atoms with Crippen LogP contribution < -0.4 is 15.5 Å². The van der Waals surface area contributed by atoms with Crippen LogP contribution >= 0.6 is 0 Å². The largest absolute Gasteiger partial charge is 0.371 e. The Bertz CT molecular complexity index is 1140. The van der Waals surface area contributed by atoms with Crippen LogP contribution in [0, 0.1) is 0 Å². The first kappa shape index (κ1) is 24.4. The zero-order valence-electron chi connectivity index (χ0n) is 20.3. The van der Waals surface area contributed by atoms with E-state index in [2.05, 4.69) is 36.7 Å². The quantitative estimate of drug-likeness (QED) is 0.455. The average Bonchev–Trinajstić information content (AvgIpc) is 3.56. The third-order valence-electron chi connectivity index (χ3n) is 6.20. The van der Waals surface area contributed by atoms with Crippen LogP contribution in [0.3, 0.4) is 0 Å². The Hall–Kier alpha value is -3.75. The molecule has 1 atom stereocenters. The summed E-state index contributed by atoms with van der Waals surface area (Å²) in [7, 11) is 0. The van der Waals surface area contributed by atoms with Gasteiger partial charge < -0.3 is 20.1 Å². The maximum Gasteiger partial charge on any atom is 0.249 e. The van der Waals surface area contributed by atoms with Gasteiger partial charge in [-0.25, -0.2) is 0 Å². The Kier molecular flexibility index (Phi) is 7.74. The van der Waals surface area contributed by atoms with Gasteiger partial charge in [-0.1, -0.05) is 24.6 Å². The summed E-state index contributed by atoms with van der Waals surface area (Å²) in [6, 6.07) is 11.5. The van der Waals surface area contributed by atoms with E-state index in [0.29, 0.717) is 18.1 Å². The van der Waals surface area contributed by atoms with Gasteiger partial charge >= 0.3 is 0 Å². The number of aromatic nitrogens is 3. The van der Waals surface area contributed by atoms with Crippen molar-refractivity contribution in [3.8, 4) is 11.4 Å². The topological polar surface area (TPSA) is 113 Å². The molecule has 0 radical (unpaired) electrons.